The lowest BCUT2D eigenvalue weighted by Gasteiger charge is -2.08. The predicted molar refractivity (Wildman–Crippen MR) is 82.5 cm³/mol. The van der Waals surface area contributed by atoms with E-state index >= 15 is 0 Å². The molecule has 0 fully saturated rings. The fraction of sp³-hybridized carbons (Fsp3) is 0. The van der Waals surface area contributed by atoms with Crippen LogP contribution in [-0.4, -0.2) is 26.7 Å². The van der Waals surface area contributed by atoms with E-state index in [1.807, 2.05) is 0 Å². The Morgan fingerprint density at radius 2 is 2.04 bits per heavy atom. The van der Waals surface area contributed by atoms with Crippen LogP contribution in [0.2, 0.25) is 5.02 Å². The first kappa shape index (κ1) is 15.0. The van der Waals surface area contributed by atoms with E-state index in [-0.39, 0.29) is 16.4 Å². The lowest BCUT2D eigenvalue weighted by Crippen LogP contribution is -2.14. The number of hydrogen-bond acceptors (Lipinski definition) is 3. The van der Waals surface area contributed by atoms with Crippen molar-refractivity contribution in [3.05, 3.63) is 59.1 Å². The number of anilines is 1. The maximum atomic E-state index is 13.9. The number of benzene rings is 1. The molecular formula is C15H9ClFN3O3. The molecule has 116 valence electrons. The lowest BCUT2D eigenvalue weighted by atomic mass is 10.2. The first-order chi connectivity index (χ1) is 11.0. The number of rotatable bonds is 2. The number of pyridine rings is 1. The molecule has 0 unspecified atom stereocenters. The number of carbonyl (C=O) groups excluding carboxylic acids is 1. The van der Waals surface area contributed by atoms with Crippen molar-refractivity contribution in [1.29, 1.82) is 0 Å². The number of fused-ring (bicyclic) bond motifs is 1. The second-order valence-electron chi connectivity index (χ2n) is 4.61. The molecule has 3 aromatic rings. The van der Waals surface area contributed by atoms with E-state index in [1.165, 1.54) is 41.2 Å². The Hall–Kier alpha value is -2.93. The summed E-state index contributed by atoms with van der Waals surface area (Å²) in [6, 6.07) is 7.00. The Morgan fingerprint density at radius 1 is 1.26 bits per heavy atom. The fourth-order valence-corrected chi connectivity index (χ4v) is 2.51. The molecule has 0 radical (unpaired) electrons. The topological polar surface area (TPSA) is 84.2 Å². The highest BCUT2D eigenvalue weighted by Gasteiger charge is 2.20. The maximum absolute atomic E-state index is 13.9. The molecule has 0 saturated carbocycles. The normalized spacial score (nSPS) is 10.7. The number of nitrogens with zero attached hydrogens (tertiary/aromatic N) is 2. The molecule has 2 N–H and O–H groups in total. The number of carboxylic acid groups (broad SMARTS) is 1. The van der Waals surface area contributed by atoms with Crippen molar-refractivity contribution in [2.45, 2.75) is 0 Å². The average Bonchev–Trinajstić information content (AvgIpc) is 2.91. The molecule has 0 spiro atoms. The minimum atomic E-state index is -1.28. The second-order valence-corrected chi connectivity index (χ2v) is 5.02. The molecule has 0 saturated heterocycles. The van der Waals surface area contributed by atoms with Crippen LogP contribution >= 0.6 is 11.6 Å². The first-order valence-corrected chi connectivity index (χ1v) is 6.81. The van der Waals surface area contributed by atoms with E-state index in [9.17, 15) is 14.0 Å². The highest BCUT2D eigenvalue weighted by molar-refractivity contribution is 6.34. The van der Waals surface area contributed by atoms with Crippen LogP contribution in [0.5, 0.6) is 0 Å². The van der Waals surface area contributed by atoms with E-state index in [1.54, 1.807) is 0 Å². The van der Waals surface area contributed by atoms with Gasteiger partial charge in [-0.2, -0.15) is 0 Å². The van der Waals surface area contributed by atoms with Crippen LogP contribution in [0, 0.1) is 5.82 Å². The number of hydrogen-bond donors (Lipinski definition) is 2. The lowest BCUT2D eigenvalue weighted by molar-refractivity contribution is 0.0961. The molecule has 1 aromatic carbocycles. The molecule has 3 rings (SSSR count). The van der Waals surface area contributed by atoms with E-state index in [4.69, 9.17) is 16.7 Å². The van der Waals surface area contributed by atoms with Gasteiger partial charge in [0, 0.05) is 17.8 Å². The Kier molecular flexibility index (Phi) is 3.71. The van der Waals surface area contributed by atoms with E-state index in [0.29, 0.717) is 10.9 Å². The number of aromatic nitrogens is 2. The van der Waals surface area contributed by atoms with Gasteiger partial charge in [0.25, 0.3) is 5.91 Å². The Bertz CT molecular complexity index is 919. The van der Waals surface area contributed by atoms with Crippen molar-refractivity contribution in [2.75, 3.05) is 5.32 Å². The third-order valence-electron chi connectivity index (χ3n) is 3.24. The van der Waals surface area contributed by atoms with Gasteiger partial charge in [0.15, 0.2) is 0 Å². The third kappa shape index (κ3) is 2.62. The van der Waals surface area contributed by atoms with Gasteiger partial charge in [-0.1, -0.05) is 17.7 Å². The quantitative estimate of drug-likeness (QED) is 0.750. The first-order valence-electron chi connectivity index (χ1n) is 6.44. The number of halogens is 2. The summed E-state index contributed by atoms with van der Waals surface area (Å²) in [5.74, 6) is -1.31. The van der Waals surface area contributed by atoms with E-state index < -0.39 is 17.8 Å². The van der Waals surface area contributed by atoms with Crippen molar-refractivity contribution in [3.8, 4) is 0 Å². The van der Waals surface area contributed by atoms with Gasteiger partial charge in [-0.25, -0.2) is 14.2 Å². The molecule has 0 aliphatic rings. The summed E-state index contributed by atoms with van der Waals surface area (Å²) in [5.41, 5.74) is 0.129. The van der Waals surface area contributed by atoms with Gasteiger partial charge in [0.05, 0.1) is 16.1 Å². The van der Waals surface area contributed by atoms with Gasteiger partial charge >= 0.3 is 6.09 Å². The highest BCUT2D eigenvalue weighted by Crippen LogP contribution is 2.26. The molecule has 0 atom stereocenters. The molecule has 2 heterocycles. The van der Waals surface area contributed by atoms with Crippen molar-refractivity contribution < 1.29 is 19.1 Å². The molecule has 2 aromatic heterocycles. The van der Waals surface area contributed by atoms with Crippen molar-refractivity contribution in [3.63, 3.8) is 0 Å². The van der Waals surface area contributed by atoms with Crippen molar-refractivity contribution >= 4 is 40.3 Å². The van der Waals surface area contributed by atoms with Gasteiger partial charge in [-0.15, -0.1) is 0 Å². The van der Waals surface area contributed by atoms with Crippen LogP contribution in [0.15, 0.2) is 42.7 Å². The van der Waals surface area contributed by atoms with Crippen molar-refractivity contribution in [1.82, 2.24) is 9.55 Å². The van der Waals surface area contributed by atoms with Crippen LogP contribution < -0.4 is 5.32 Å². The van der Waals surface area contributed by atoms with Crippen LogP contribution in [0.25, 0.3) is 10.9 Å². The summed E-state index contributed by atoms with van der Waals surface area (Å²) in [6.07, 6.45) is 1.48. The zero-order valence-electron chi connectivity index (χ0n) is 11.5. The smallest absolute Gasteiger partial charge is 0.410 e. The Morgan fingerprint density at radius 3 is 2.74 bits per heavy atom. The Balaban J connectivity index is 2.14. The Labute approximate surface area is 134 Å². The summed E-state index contributed by atoms with van der Waals surface area (Å²) in [5, 5.41) is 11.4. The van der Waals surface area contributed by atoms with Gasteiger partial charge in [0.1, 0.15) is 11.6 Å². The van der Waals surface area contributed by atoms with Crippen LogP contribution in [-0.2, 0) is 0 Å². The molecule has 0 aliphatic carbocycles. The van der Waals surface area contributed by atoms with E-state index in [2.05, 4.69) is 10.3 Å². The predicted octanol–water partition coefficient (Wildman–Crippen LogP) is 3.61. The maximum Gasteiger partial charge on any atom is 0.410 e. The zero-order valence-corrected chi connectivity index (χ0v) is 12.2. The molecule has 23 heavy (non-hydrogen) atoms. The van der Waals surface area contributed by atoms with Crippen LogP contribution in [0.1, 0.15) is 10.4 Å². The molecule has 8 heteroatoms. The highest BCUT2D eigenvalue weighted by atomic mass is 35.5. The average molecular weight is 334 g/mol. The fourth-order valence-electron chi connectivity index (χ4n) is 2.27. The van der Waals surface area contributed by atoms with Crippen LogP contribution in [0.3, 0.4) is 0 Å². The molecular weight excluding hydrogens is 325 g/mol. The van der Waals surface area contributed by atoms with Gasteiger partial charge in [-0.05, 0) is 24.3 Å². The largest absolute Gasteiger partial charge is 0.465 e. The molecule has 0 bridgehead atoms. The molecule has 1 amide bonds. The van der Waals surface area contributed by atoms with Crippen molar-refractivity contribution in [2.24, 2.45) is 0 Å². The number of carbonyl (C=O) groups is 2. The standard InChI is InChI=1S/C15H9ClFN3O3/c16-9-2-1-3-10(17)12(9)14(21)20-7-5-8-11(20)4-6-18-13(8)19-15(22)23/h1-7H,(H,18,19)(H,22,23). The summed E-state index contributed by atoms with van der Waals surface area (Å²) >= 11 is 5.92. The summed E-state index contributed by atoms with van der Waals surface area (Å²) in [7, 11) is 0. The minimum Gasteiger partial charge on any atom is -0.465 e. The summed E-state index contributed by atoms with van der Waals surface area (Å²) in [4.78, 5) is 27.3. The van der Waals surface area contributed by atoms with E-state index in [0.717, 1.165) is 6.07 Å². The zero-order chi connectivity index (χ0) is 16.6. The molecule has 0 aliphatic heterocycles. The van der Waals surface area contributed by atoms with Crippen LogP contribution in [0.4, 0.5) is 15.0 Å². The minimum absolute atomic E-state index is 0.00482. The summed E-state index contributed by atoms with van der Waals surface area (Å²) in [6.45, 7) is 0. The second kappa shape index (κ2) is 5.69. The number of nitrogens with one attached hydrogen (secondary N) is 1. The van der Waals surface area contributed by atoms with Gasteiger partial charge in [0.2, 0.25) is 0 Å². The SMILES string of the molecule is O=C(O)Nc1nccc2c1ccn2C(=O)c1c(F)cccc1Cl. The number of amides is 1. The van der Waals surface area contributed by atoms with Gasteiger partial charge in [-0.3, -0.25) is 14.7 Å². The third-order valence-corrected chi connectivity index (χ3v) is 3.55. The van der Waals surface area contributed by atoms with Gasteiger partial charge < -0.3 is 5.11 Å². The monoisotopic (exact) mass is 333 g/mol. The molecule has 6 nitrogen and oxygen atoms in total. The summed E-state index contributed by atoms with van der Waals surface area (Å²) < 4.78 is 15.1.